The summed E-state index contributed by atoms with van der Waals surface area (Å²) in [6.07, 6.45) is 3.21. The second-order valence-corrected chi connectivity index (χ2v) is 6.51. The highest BCUT2D eigenvalue weighted by Crippen LogP contribution is 2.27. The van der Waals surface area contributed by atoms with Gasteiger partial charge >= 0.3 is 0 Å². The molecule has 0 N–H and O–H groups in total. The second-order valence-electron chi connectivity index (χ2n) is 5.18. The van der Waals surface area contributed by atoms with Crippen LogP contribution < -0.4 is 0 Å². The van der Waals surface area contributed by atoms with Crippen LogP contribution in [0.1, 0.15) is 12.8 Å². The summed E-state index contributed by atoms with van der Waals surface area (Å²) in [4.78, 5) is 3.94. The maximum atomic E-state index is 5.89. The molecule has 0 bridgehead atoms. The Kier molecular flexibility index (Phi) is 4.72. The molecule has 0 saturated carbocycles. The van der Waals surface area contributed by atoms with Crippen LogP contribution in [0.4, 0.5) is 0 Å². The molecular formula is C16H13ClN6O2S. The summed E-state index contributed by atoms with van der Waals surface area (Å²) < 4.78 is 13.1. The zero-order chi connectivity index (χ0) is 17.9. The topological polar surface area (TPSA) is 95.7 Å². The molecule has 0 amide bonds. The van der Waals surface area contributed by atoms with E-state index in [1.54, 1.807) is 24.6 Å². The largest absolute Gasteiger partial charge is 0.461 e. The van der Waals surface area contributed by atoms with Gasteiger partial charge < -0.3 is 8.83 Å². The van der Waals surface area contributed by atoms with Gasteiger partial charge in [0.1, 0.15) is 5.15 Å². The minimum absolute atomic E-state index is 0.373. The minimum Gasteiger partial charge on any atom is -0.461 e. The van der Waals surface area contributed by atoms with Gasteiger partial charge in [0, 0.05) is 18.3 Å². The van der Waals surface area contributed by atoms with Gasteiger partial charge in [-0.1, -0.05) is 23.4 Å². The fourth-order valence-corrected chi connectivity index (χ4v) is 3.37. The average Bonchev–Trinajstić information content (AvgIpc) is 3.39. The van der Waals surface area contributed by atoms with E-state index in [4.69, 9.17) is 20.4 Å². The maximum absolute atomic E-state index is 5.89. The first-order valence-corrected chi connectivity index (χ1v) is 9.15. The number of rotatable bonds is 6. The van der Waals surface area contributed by atoms with Crippen molar-refractivity contribution in [2.24, 2.45) is 0 Å². The summed E-state index contributed by atoms with van der Waals surface area (Å²) in [5, 5.41) is 17.7. The zero-order valence-corrected chi connectivity index (χ0v) is 15.2. The number of thioether (sulfide) groups is 1. The summed E-state index contributed by atoms with van der Waals surface area (Å²) in [5.74, 6) is 2.74. The normalized spacial score (nSPS) is 11.2. The highest BCUT2D eigenvalue weighted by atomic mass is 35.5. The molecule has 10 heteroatoms. The predicted octanol–water partition coefficient (Wildman–Crippen LogP) is 3.95. The lowest BCUT2D eigenvalue weighted by Gasteiger charge is -2.04. The number of nitrogens with zero attached hydrogens (tertiary/aromatic N) is 6. The predicted molar refractivity (Wildman–Crippen MR) is 95.5 cm³/mol. The number of hydrogen-bond donors (Lipinski definition) is 0. The molecule has 0 radical (unpaired) electrons. The summed E-state index contributed by atoms with van der Waals surface area (Å²) >= 11 is 7.36. The molecule has 4 aromatic heterocycles. The Bertz CT molecular complexity index is 1010. The van der Waals surface area contributed by atoms with E-state index in [1.807, 2.05) is 23.6 Å². The van der Waals surface area contributed by atoms with Crippen LogP contribution in [0.2, 0.25) is 5.15 Å². The van der Waals surface area contributed by atoms with Crippen LogP contribution in [0.25, 0.3) is 23.0 Å². The Labute approximate surface area is 157 Å². The maximum Gasteiger partial charge on any atom is 0.247 e. The summed E-state index contributed by atoms with van der Waals surface area (Å²) in [7, 11) is 0. The first-order valence-electron chi connectivity index (χ1n) is 7.78. The van der Waals surface area contributed by atoms with Gasteiger partial charge in [0.2, 0.25) is 11.8 Å². The number of pyridine rings is 1. The number of aromatic nitrogens is 6. The molecule has 0 aliphatic rings. The molecule has 0 saturated heterocycles. The van der Waals surface area contributed by atoms with Crippen LogP contribution in [-0.2, 0) is 12.3 Å². The molecule has 8 nitrogen and oxygen atoms in total. The molecular weight excluding hydrogens is 376 g/mol. The molecule has 26 heavy (non-hydrogen) atoms. The van der Waals surface area contributed by atoms with Gasteiger partial charge in [0.15, 0.2) is 16.7 Å². The monoisotopic (exact) mass is 388 g/mol. The third-order valence-corrected chi connectivity index (χ3v) is 4.70. The first-order chi connectivity index (χ1) is 12.7. The fraction of sp³-hybridized carbons (Fsp3) is 0.188. The van der Waals surface area contributed by atoms with Crippen molar-refractivity contribution in [3.63, 3.8) is 0 Å². The fourth-order valence-electron chi connectivity index (χ4n) is 2.36. The Morgan fingerprint density at radius 1 is 1.19 bits per heavy atom. The van der Waals surface area contributed by atoms with Crippen molar-refractivity contribution in [1.82, 2.24) is 29.9 Å². The Hall–Kier alpha value is -2.65. The Morgan fingerprint density at radius 3 is 2.88 bits per heavy atom. The number of halogens is 1. The molecule has 4 rings (SSSR count). The molecule has 0 aromatic carbocycles. The molecule has 0 fully saturated rings. The van der Waals surface area contributed by atoms with Crippen molar-refractivity contribution in [3.8, 4) is 23.0 Å². The Morgan fingerprint density at radius 2 is 2.12 bits per heavy atom. The van der Waals surface area contributed by atoms with E-state index in [0.717, 1.165) is 17.3 Å². The van der Waals surface area contributed by atoms with Crippen molar-refractivity contribution in [2.45, 2.75) is 24.4 Å². The number of furan rings is 1. The third-order valence-electron chi connectivity index (χ3n) is 3.54. The van der Waals surface area contributed by atoms with E-state index < -0.39 is 0 Å². The molecule has 0 aliphatic carbocycles. The average molecular weight is 389 g/mol. The van der Waals surface area contributed by atoms with Crippen molar-refractivity contribution in [1.29, 1.82) is 0 Å². The van der Waals surface area contributed by atoms with Gasteiger partial charge in [-0.05, 0) is 31.2 Å². The van der Waals surface area contributed by atoms with E-state index in [2.05, 4.69) is 25.4 Å². The van der Waals surface area contributed by atoms with E-state index >= 15 is 0 Å². The first kappa shape index (κ1) is 16.8. The van der Waals surface area contributed by atoms with Crippen LogP contribution in [-0.4, -0.2) is 29.9 Å². The summed E-state index contributed by atoms with van der Waals surface area (Å²) in [6, 6.07) is 7.12. The molecule has 0 aliphatic heterocycles. The smallest absolute Gasteiger partial charge is 0.247 e. The van der Waals surface area contributed by atoms with Gasteiger partial charge in [0.25, 0.3) is 0 Å². The van der Waals surface area contributed by atoms with Crippen molar-refractivity contribution < 1.29 is 8.83 Å². The number of hydrogen-bond acceptors (Lipinski definition) is 8. The van der Waals surface area contributed by atoms with Crippen molar-refractivity contribution >= 4 is 23.4 Å². The van der Waals surface area contributed by atoms with E-state index in [-0.39, 0.29) is 0 Å². The molecule has 0 unspecified atom stereocenters. The minimum atomic E-state index is 0.373. The quantitative estimate of drug-likeness (QED) is 0.362. The highest BCUT2D eigenvalue weighted by molar-refractivity contribution is 7.98. The van der Waals surface area contributed by atoms with Crippen molar-refractivity contribution in [3.05, 3.63) is 47.8 Å². The lowest BCUT2D eigenvalue weighted by Crippen LogP contribution is -1.99. The standard InChI is InChI=1S/C16H13ClN6O2S/c1-2-23-14(11-4-3-7-24-11)20-22-16(23)26-9-13-19-21-15(25-13)10-5-6-18-12(17)8-10/h3-8H,2,9H2,1H3. The molecule has 132 valence electrons. The zero-order valence-electron chi connectivity index (χ0n) is 13.7. The second kappa shape index (κ2) is 7.30. The lowest BCUT2D eigenvalue weighted by atomic mass is 10.3. The van der Waals surface area contributed by atoms with Gasteiger partial charge in [-0.25, -0.2) is 4.98 Å². The van der Waals surface area contributed by atoms with E-state index in [9.17, 15) is 0 Å². The third kappa shape index (κ3) is 3.35. The van der Waals surface area contributed by atoms with Gasteiger partial charge in [0.05, 0.1) is 12.0 Å². The molecule has 4 heterocycles. The lowest BCUT2D eigenvalue weighted by molar-refractivity contribution is 0.528. The van der Waals surface area contributed by atoms with Crippen LogP contribution in [0.15, 0.2) is 50.7 Å². The van der Waals surface area contributed by atoms with Crippen LogP contribution in [0.3, 0.4) is 0 Å². The van der Waals surface area contributed by atoms with E-state index in [0.29, 0.717) is 34.3 Å². The summed E-state index contributed by atoms with van der Waals surface area (Å²) in [5.41, 5.74) is 0.727. The molecule has 4 aromatic rings. The molecule has 0 atom stereocenters. The van der Waals surface area contributed by atoms with Crippen LogP contribution in [0.5, 0.6) is 0 Å². The SMILES string of the molecule is CCn1c(SCc2nnc(-c3ccnc(Cl)c3)o2)nnc1-c1ccco1. The summed E-state index contributed by atoms with van der Waals surface area (Å²) in [6.45, 7) is 2.74. The van der Waals surface area contributed by atoms with Crippen LogP contribution >= 0.6 is 23.4 Å². The van der Waals surface area contributed by atoms with Gasteiger partial charge in [-0.3, -0.25) is 4.57 Å². The molecule has 0 spiro atoms. The van der Waals surface area contributed by atoms with E-state index in [1.165, 1.54) is 11.8 Å². The van der Waals surface area contributed by atoms with Gasteiger partial charge in [-0.2, -0.15) is 0 Å². The highest BCUT2D eigenvalue weighted by Gasteiger charge is 2.16. The van der Waals surface area contributed by atoms with Gasteiger partial charge in [-0.15, -0.1) is 20.4 Å². The van der Waals surface area contributed by atoms with Crippen LogP contribution in [0, 0.1) is 0 Å². The Balaban J connectivity index is 1.50. The van der Waals surface area contributed by atoms with Crippen molar-refractivity contribution in [2.75, 3.05) is 0 Å².